The maximum atomic E-state index is 13.5. The number of nitrogens with two attached hydrogens (primary N) is 1. The number of rotatable bonds is 10. The molecular weight excluding hydrogens is 498 g/mol. The van der Waals surface area contributed by atoms with Crippen LogP contribution in [-0.2, 0) is 4.74 Å². The van der Waals surface area contributed by atoms with Crippen LogP contribution in [0.15, 0.2) is 48.5 Å². The van der Waals surface area contributed by atoms with Crippen molar-refractivity contribution in [2.45, 2.75) is 26.7 Å². The summed E-state index contributed by atoms with van der Waals surface area (Å²) in [6.45, 7) is 4.15. The first-order valence-corrected chi connectivity index (χ1v) is 12.6. The number of nitrogens with zero attached hydrogens (tertiary/aromatic N) is 1. The number of amidine groups is 1. The third kappa shape index (κ3) is 6.40. The Balaban J connectivity index is 1.76. The van der Waals surface area contributed by atoms with Gasteiger partial charge in [-0.1, -0.05) is 0 Å². The molecule has 5 N–H and O–H groups in total. The molecule has 0 aliphatic heterocycles. The third-order valence-electron chi connectivity index (χ3n) is 6.37. The summed E-state index contributed by atoms with van der Waals surface area (Å²) in [5.41, 5.74) is 8.23. The number of amides is 2. The lowest BCUT2D eigenvalue weighted by atomic mass is 9.94. The summed E-state index contributed by atoms with van der Waals surface area (Å²) in [7, 11) is 1.51. The first kappa shape index (κ1) is 27.3. The zero-order valence-corrected chi connectivity index (χ0v) is 22.1. The van der Waals surface area contributed by atoms with Crippen molar-refractivity contribution >= 4 is 29.3 Å². The SMILES string of the molecule is CCOC(=O)c1nc(C(=O)NCC2CC2)ccc1-c1cc(OC)c(C)cc1C(=O)Nc1ccc(C(=N)N)cc1. The molecule has 2 aromatic carbocycles. The molecule has 1 aliphatic rings. The van der Waals surface area contributed by atoms with Crippen molar-refractivity contribution in [3.05, 3.63) is 76.6 Å². The first-order chi connectivity index (χ1) is 18.7. The van der Waals surface area contributed by atoms with E-state index >= 15 is 0 Å². The molecule has 0 atom stereocenters. The molecular formula is C29H31N5O5. The number of benzene rings is 2. The number of esters is 1. The lowest BCUT2D eigenvalue weighted by Crippen LogP contribution is -2.27. The van der Waals surface area contributed by atoms with Gasteiger partial charge in [0.15, 0.2) is 5.69 Å². The standard InChI is InChI=1S/C29H31N5O5/c1-4-39-29(37)25-20(11-12-23(34-25)28(36)32-15-17-5-6-17)21-14-24(38-3)16(2)13-22(21)27(35)33-19-9-7-18(8-10-19)26(30)31/h7-14,17H,4-6,15H2,1-3H3,(H3,30,31)(H,32,36)(H,33,35). The molecule has 10 nitrogen and oxygen atoms in total. The highest BCUT2D eigenvalue weighted by molar-refractivity contribution is 6.11. The van der Waals surface area contributed by atoms with Crippen LogP contribution in [0.3, 0.4) is 0 Å². The fourth-order valence-electron chi connectivity index (χ4n) is 4.06. The summed E-state index contributed by atoms with van der Waals surface area (Å²) in [5.74, 6) is -0.620. The van der Waals surface area contributed by atoms with Gasteiger partial charge in [-0.2, -0.15) is 0 Å². The number of anilines is 1. The summed E-state index contributed by atoms with van der Waals surface area (Å²) < 4.78 is 10.7. The van der Waals surface area contributed by atoms with E-state index < -0.39 is 11.9 Å². The number of hydrogen-bond donors (Lipinski definition) is 4. The largest absolute Gasteiger partial charge is 0.496 e. The summed E-state index contributed by atoms with van der Waals surface area (Å²) >= 11 is 0. The van der Waals surface area contributed by atoms with Crippen molar-refractivity contribution in [1.29, 1.82) is 5.41 Å². The van der Waals surface area contributed by atoms with Crippen LogP contribution in [0.5, 0.6) is 5.75 Å². The highest BCUT2D eigenvalue weighted by Crippen LogP contribution is 2.34. The average Bonchev–Trinajstić information content (AvgIpc) is 3.76. The molecule has 10 heteroatoms. The number of nitrogens with one attached hydrogen (secondary N) is 3. The Morgan fingerprint density at radius 1 is 1.05 bits per heavy atom. The minimum atomic E-state index is -0.713. The number of pyridine rings is 1. The monoisotopic (exact) mass is 529 g/mol. The fraction of sp³-hybridized carbons (Fsp3) is 0.276. The molecule has 39 heavy (non-hydrogen) atoms. The molecule has 0 bridgehead atoms. The van der Waals surface area contributed by atoms with Crippen molar-refractivity contribution in [1.82, 2.24) is 10.3 Å². The highest BCUT2D eigenvalue weighted by Gasteiger charge is 2.26. The molecule has 1 aliphatic carbocycles. The number of aryl methyl sites for hydroxylation is 1. The predicted octanol–water partition coefficient (Wildman–Crippen LogP) is 3.92. The van der Waals surface area contributed by atoms with Crippen LogP contribution in [0.1, 0.15) is 62.2 Å². The van der Waals surface area contributed by atoms with E-state index in [0.717, 1.165) is 12.8 Å². The van der Waals surface area contributed by atoms with E-state index in [9.17, 15) is 14.4 Å². The lowest BCUT2D eigenvalue weighted by molar-refractivity contribution is 0.0520. The Hall–Kier alpha value is -4.73. The maximum absolute atomic E-state index is 13.5. The quantitative estimate of drug-likeness (QED) is 0.176. The first-order valence-electron chi connectivity index (χ1n) is 12.6. The van der Waals surface area contributed by atoms with Gasteiger partial charge in [0, 0.05) is 34.5 Å². The van der Waals surface area contributed by atoms with Crippen molar-refractivity contribution in [3.8, 4) is 16.9 Å². The Morgan fingerprint density at radius 2 is 1.77 bits per heavy atom. The van der Waals surface area contributed by atoms with E-state index in [-0.39, 0.29) is 35.3 Å². The van der Waals surface area contributed by atoms with Crippen LogP contribution in [0.25, 0.3) is 11.1 Å². The summed E-state index contributed by atoms with van der Waals surface area (Å²) in [5, 5.41) is 13.2. The molecule has 1 saturated carbocycles. The fourth-order valence-corrected chi connectivity index (χ4v) is 4.06. The number of carbonyl (C=O) groups excluding carboxylic acids is 3. The maximum Gasteiger partial charge on any atom is 0.357 e. The average molecular weight is 530 g/mol. The van der Waals surface area contributed by atoms with Gasteiger partial charge in [0.05, 0.1) is 13.7 Å². The number of nitrogen functional groups attached to an aromatic ring is 1. The highest BCUT2D eigenvalue weighted by atomic mass is 16.5. The van der Waals surface area contributed by atoms with Gasteiger partial charge in [-0.3, -0.25) is 15.0 Å². The van der Waals surface area contributed by atoms with Gasteiger partial charge >= 0.3 is 5.97 Å². The van der Waals surface area contributed by atoms with Crippen LogP contribution < -0.4 is 21.1 Å². The molecule has 0 radical (unpaired) electrons. The molecule has 2 amide bonds. The van der Waals surface area contributed by atoms with Crippen LogP contribution in [0.2, 0.25) is 0 Å². The summed E-state index contributed by atoms with van der Waals surface area (Å²) in [6, 6.07) is 13.0. The van der Waals surface area contributed by atoms with Crippen LogP contribution in [0.4, 0.5) is 5.69 Å². The van der Waals surface area contributed by atoms with Crippen LogP contribution in [0, 0.1) is 18.3 Å². The molecule has 0 saturated heterocycles. The molecule has 4 rings (SSSR count). The van der Waals surface area contributed by atoms with E-state index in [1.54, 1.807) is 56.3 Å². The number of methoxy groups -OCH3 is 1. The number of carbonyl (C=O) groups is 3. The van der Waals surface area contributed by atoms with E-state index in [4.69, 9.17) is 20.6 Å². The van der Waals surface area contributed by atoms with Crippen molar-refractivity contribution in [2.24, 2.45) is 11.7 Å². The Labute approximate surface area is 226 Å². The molecule has 0 spiro atoms. The molecule has 3 aromatic rings. The summed E-state index contributed by atoms with van der Waals surface area (Å²) in [6.07, 6.45) is 2.17. The second kappa shape index (κ2) is 11.8. The molecule has 202 valence electrons. The smallest absolute Gasteiger partial charge is 0.357 e. The zero-order chi connectivity index (χ0) is 28.1. The number of aromatic nitrogens is 1. The van der Waals surface area contributed by atoms with Gasteiger partial charge in [0.1, 0.15) is 17.3 Å². The molecule has 1 heterocycles. The topological polar surface area (TPSA) is 156 Å². The van der Waals surface area contributed by atoms with Gasteiger partial charge in [-0.15, -0.1) is 0 Å². The van der Waals surface area contributed by atoms with Crippen molar-refractivity contribution < 1.29 is 23.9 Å². The zero-order valence-electron chi connectivity index (χ0n) is 22.1. The Morgan fingerprint density at radius 3 is 2.38 bits per heavy atom. The van der Waals surface area contributed by atoms with E-state index in [1.807, 2.05) is 0 Å². The Kier molecular flexibility index (Phi) is 8.24. The van der Waals surface area contributed by atoms with Gasteiger partial charge in [0.2, 0.25) is 0 Å². The number of hydrogen-bond acceptors (Lipinski definition) is 7. The van der Waals surface area contributed by atoms with Gasteiger partial charge in [0.25, 0.3) is 11.8 Å². The molecule has 0 unspecified atom stereocenters. The number of ether oxygens (including phenoxy) is 2. The molecule has 1 aromatic heterocycles. The molecule has 1 fully saturated rings. The van der Waals surface area contributed by atoms with Gasteiger partial charge in [-0.25, -0.2) is 9.78 Å². The Bertz CT molecular complexity index is 1430. The minimum absolute atomic E-state index is 0.0791. The van der Waals surface area contributed by atoms with Gasteiger partial charge in [-0.05, 0) is 86.7 Å². The lowest BCUT2D eigenvalue weighted by Gasteiger charge is -2.17. The predicted molar refractivity (Wildman–Crippen MR) is 147 cm³/mol. The van der Waals surface area contributed by atoms with Crippen LogP contribution >= 0.6 is 0 Å². The second-order valence-electron chi connectivity index (χ2n) is 9.28. The van der Waals surface area contributed by atoms with Gasteiger partial charge < -0.3 is 25.8 Å². The van der Waals surface area contributed by atoms with Crippen molar-refractivity contribution in [3.63, 3.8) is 0 Å². The van der Waals surface area contributed by atoms with E-state index in [1.165, 1.54) is 13.2 Å². The van der Waals surface area contributed by atoms with E-state index in [0.29, 0.717) is 46.2 Å². The van der Waals surface area contributed by atoms with Crippen LogP contribution in [-0.4, -0.2) is 48.9 Å². The third-order valence-corrected chi connectivity index (χ3v) is 6.37. The summed E-state index contributed by atoms with van der Waals surface area (Å²) in [4.78, 5) is 43.6. The van der Waals surface area contributed by atoms with Crippen molar-refractivity contribution in [2.75, 3.05) is 25.6 Å². The minimum Gasteiger partial charge on any atom is -0.496 e. The van der Waals surface area contributed by atoms with E-state index in [2.05, 4.69) is 15.6 Å². The second-order valence-corrected chi connectivity index (χ2v) is 9.28. The normalized spacial score (nSPS) is 12.4.